The van der Waals surface area contributed by atoms with Crippen LogP contribution in [0.5, 0.6) is 0 Å². The number of hydrogen-bond donors (Lipinski definition) is 0. The second-order valence-corrected chi connectivity index (χ2v) is 22.8. The van der Waals surface area contributed by atoms with Crippen molar-refractivity contribution in [2.75, 3.05) is 0 Å². The quantitative estimate of drug-likeness (QED) is 0.144. The van der Waals surface area contributed by atoms with Gasteiger partial charge in [0.1, 0.15) is 0 Å². The van der Waals surface area contributed by atoms with Gasteiger partial charge in [-0.25, -0.2) is 0 Å². The van der Waals surface area contributed by atoms with Crippen molar-refractivity contribution >= 4 is 87.2 Å². The smallest absolute Gasteiger partial charge is 0.0541 e. The van der Waals surface area contributed by atoms with Crippen LogP contribution in [-0.2, 0) is 0 Å². The summed E-state index contributed by atoms with van der Waals surface area (Å²) in [6.45, 7) is 0. The molecule has 18 rings (SSSR count). The summed E-state index contributed by atoms with van der Waals surface area (Å²) in [4.78, 5) is 0. The van der Waals surface area contributed by atoms with E-state index in [1.807, 2.05) is 0 Å². The van der Waals surface area contributed by atoms with Gasteiger partial charge < -0.3 is 18.3 Å². The molecular formula is C84H56N4. The van der Waals surface area contributed by atoms with E-state index < -0.39 is 0 Å². The monoisotopic (exact) mass is 1120 g/mol. The van der Waals surface area contributed by atoms with Crippen molar-refractivity contribution in [2.45, 2.75) is 0 Å². The summed E-state index contributed by atoms with van der Waals surface area (Å²) in [5.74, 6) is 0. The molecule has 0 unspecified atom stereocenters. The number of rotatable bonds is 8. The topological polar surface area (TPSA) is 19.7 Å². The number of hydrogen-bond acceptors (Lipinski definition) is 0. The maximum atomic E-state index is 2.39. The zero-order valence-corrected chi connectivity index (χ0v) is 48.1. The van der Waals surface area contributed by atoms with E-state index in [0.29, 0.717) is 0 Å². The summed E-state index contributed by atoms with van der Waals surface area (Å²) in [7, 11) is 0. The van der Waals surface area contributed by atoms with Crippen LogP contribution < -0.4 is 0 Å². The summed E-state index contributed by atoms with van der Waals surface area (Å²) in [5.41, 5.74) is 24.2. The summed E-state index contributed by atoms with van der Waals surface area (Å²) in [5, 5.41) is 10.1. The normalized spacial score (nSPS) is 11.6. The summed E-state index contributed by atoms with van der Waals surface area (Å²) < 4.78 is 9.52. The maximum Gasteiger partial charge on any atom is 0.0541 e. The van der Waals surface area contributed by atoms with Crippen LogP contribution in [0.4, 0.5) is 0 Å². The Morgan fingerprint density at radius 1 is 0.125 bits per heavy atom. The molecule has 14 aromatic carbocycles. The van der Waals surface area contributed by atoms with Crippen LogP contribution >= 0.6 is 0 Å². The van der Waals surface area contributed by atoms with Crippen molar-refractivity contribution in [3.05, 3.63) is 340 Å². The standard InChI is InChI=1S/C48H32N2.C36H24N2/c1-3-11-33(12-4-1)35-19-25-39(26-20-35)49-45-17-9-7-15-41(45)43-31-37(23-29-47(43)49)38-24-30-48-44(32-38)42-16-8-10-18-46(42)50(48)40-27-21-36(22-28-40)34-13-5-2-6-14-34;1-3-11-27(12-4-1)37-33-17-9-7-15-29(33)31-23-25(19-21-35(31)37)26-20-22-36-32(24-26)30-16-8-10-18-34(30)38(36)28-13-5-2-6-14-28/h1-32H;1-24H. The lowest BCUT2D eigenvalue weighted by Gasteiger charge is -2.11. The van der Waals surface area contributed by atoms with Crippen LogP contribution in [-0.4, -0.2) is 18.3 Å². The second-order valence-electron chi connectivity index (χ2n) is 22.8. The van der Waals surface area contributed by atoms with Crippen molar-refractivity contribution in [3.63, 3.8) is 0 Å². The molecule has 18 aromatic rings. The highest BCUT2D eigenvalue weighted by atomic mass is 15.0. The Hall–Kier alpha value is -11.7. The average molecular weight is 1120 g/mol. The highest BCUT2D eigenvalue weighted by Crippen LogP contribution is 2.41. The lowest BCUT2D eigenvalue weighted by Crippen LogP contribution is -1.94. The molecule has 0 saturated heterocycles. The van der Waals surface area contributed by atoms with Gasteiger partial charge in [0, 0.05) is 65.8 Å². The zero-order valence-electron chi connectivity index (χ0n) is 48.1. The van der Waals surface area contributed by atoms with Crippen LogP contribution in [0.25, 0.3) is 154 Å². The third-order valence-electron chi connectivity index (χ3n) is 17.9. The largest absolute Gasteiger partial charge is 0.309 e. The van der Waals surface area contributed by atoms with Gasteiger partial charge in [-0.05, 0) is 166 Å². The van der Waals surface area contributed by atoms with Gasteiger partial charge in [-0.3, -0.25) is 0 Å². The van der Waals surface area contributed by atoms with Gasteiger partial charge in [0.05, 0.1) is 44.1 Å². The fourth-order valence-corrected chi connectivity index (χ4v) is 13.7. The van der Waals surface area contributed by atoms with Gasteiger partial charge in [0.15, 0.2) is 0 Å². The lowest BCUT2D eigenvalue weighted by atomic mass is 10.0. The third kappa shape index (κ3) is 8.53. The molecule has 4 nitrogen and oxygen atoms in total. The molecule has 0 spiro atoms. The van der Waals surface area contributed by atoms with Gasteiger partial charge in [-0.1, -0.05) is 218 Å². The predicted octanol–water partition coefficient (Wildman–Crippen LogP) is 22.4. The molecule has 0 aliphatic carbocycles. The first-order valence-electron chi connectivity index (χ1n) is 30.2. The summed E-state index contributed by atoms with van der Waals surface area (Å²) in [6, 6.07) is 123. The van der Waals surface area contributed by atoms with Crippen molar-refractivity contribution in [2.24, 2.45) is 0 Å². The molecular weight excluding hydrogens is 1060 g/mol. The summed E-state index contributed by atoms with van der Waals surface area (Å²) >= 11 is 0. The fourth-order valence-electron chi connectivity index (χ4n) is 13.7. The van der Waals surface area contributed by atoms with Crippen LogP contribution in [0.1, 0.15) is 0 Å². The highest BCUT2D eigenvalue weighted by Gasteiger charge is 2.19. The molecule has 412 valence electrons. The van der Waals surface area contributed by atoms with Gasteiger partial charge in [0.2, 0.25) is 0 Å². The molecule has 0 atom stereocenters. The van der Waals surface area contributed by atoms with Crippen molar-refractivity contribution in [1.82, 2.24) is 18.3 Å². The summed E-state index contributed by atoms with van der Waals surface area (Å²) in [6.07, 6.45) is 0. The maximum absolute atomic E-state index is 2.39. The minimum atomic E-state index is 1.16. The second kappa shape index (κ2) is 21.1. The average Bonchev–Trinajstić information content (AvgIpc) is 2.08. The molecule has 0 aliphatic rings. The molecule has 88 heavy (non-hydrogen) atoms. The molecule has 4 aromatic heterocycles. The van der Waals surface area contributed by atoms with Crippen LogP contribution in [0.15, 0.2) is 340 Å². The van der Waals surface area contributed by atoms with E-state index in [2.05, 4.69) is 358 Å². The first-order chi connectivity index (χ1) is 43.7. The number of benzene rings is 14. The molecule has 0 radical (unpaired) electrons. The van der Waals surface area contributed by atoms with Crippen molar-refractivity contribution in [3.8, 4) is 67.3 Å². The number of para-hydroxylation sites is 6. The molecule has 4 heteroatoms. The van der Waals surface area contributed by atoms with E-state index in [-0.39, 0.29) is 0 Å². The first kappa shape index (κ1) is 50.8. The van der Waals surface area contributed by atoms with Gasteiger partial charge in [-0.2, -0.15) is 0 Å². The number of fused-ring (bicyclic) bond motifs is 12. The Morgan fingerprint density at radius 3 is 0.591 bits per heavy atom. The number of nitrogens with zero attached hydrogens (tertiary/aromatic N) is 4. The Kier molecular flexibility index (Phi) is 12.2. The molecule has 4 heterocycles. The molecule has 0 saturated carbocycles. The first-order valence-corrected chi connectivity index (χ1v) is 30.2. The molecule has 0 fully saturated rings. The molecule has 0 aliphatic heterocycles. The number of aromatic nitrogens is 4. The molecule has 0 N–H and O–H groups in total. The Balaban J connectivity index is 0.000000142. The van der Waals surface area contributed by atoms with Gasteiger partial charge in [0.25, 0.3) is 0 Å². The zero-order chi connectivity index (χ0) is 58.1. The Morgan fingerprint density at radius 2 is 0.318 bits per heavy atom. The van der Waals surface area contributed by atoms with Gasteiger partial charge >= 0.3 is 0 Å². The van der Waals surface area contributed by atoms with E-state index in [4.69, 9.17) is 0 Å². The van der Waals surface area contributed by atoms with Crippen LogP contribution in [0.3, 0.4) is 0 Å². The SMILES string of the molecule is c1ccc(-c2ccc(-n3c4ccccc4c4cc(-c5ccc6c(c5)c5ccccc5n6-c5ccc(-c6ccccc6)cc5)ccc43)cc2)cc1.c1ccc(-n2c3ccccc3c3cc(-c4ccc5c(c4)c4ccccc4n5-c4ccccc4)ccc32)cc1. The minimum Gasteiger partial charge on any atom is -0.309 e. The molecule has 0 bridgehead atoms. The molecule has 0 amide bonds. The van der Waals surface area contributed by atoms with Crippen LogP contribution in [0, 0.1) is 0 Å². The van der Waals surface area contributed by atoms with E-state index in [1.54, 1.807) is 0 Å². The fraction of sp³-hybridized carbons (Fsp3) is 0. The Bertz CT molecular complexity index is 5280. The third-order valence-corrected chi connectivity index (χ3v) is 17.9. The van der Waals surface area contributed by atoms with Crippen molar-refractivity contribution < 1.29 is 0 Å². The van der Waals surface area contributed by atoms with E-state index >= 15 is 0 Å². The van der Waals surface area contributed by atoms with E-state index in [9.17, 15) is 0 Å². The van der Waals surface area contributed by atoms with Crippen LogP contribution in [0.2, 0.25) is 0 Å². The lowest BCUT2D eigenvalue weighted by molar-refractivity contribution is 1.18. The van der Waals surface area contributed by atoms with Crippen molar-refractivity contribution in [1.29, 1.82) is 0 Å². The minimum absolute atomic E-state index is 1.16. The van der Waals surface area contributed by atoms with E-state index in [1.165, 1.54) is 143 Å². The highest BCUT2D eigenvalue weighted by molar-refractivity contribution is 6.15. The van der Waals surface area contributed by atoms with E-state index in [0.717, 1.165) is 11.4 Å². The predicted molar refractivity (Wildman–Crippen MR) is 372 cm³/mol. The Labute approximate surface area is 509 Å². The van der Waals surface area contributed by atoms with Gasteiger partial charge in [-0.15, -0.1) is 0 Å².